The van der Waals surface area contributed by atoms with Crippen molar-refractivity contribution in [2.24, 2.45) is 0 Å². The van der Waals surface area contributed by atoms with Gasteiger partial charge >= 0.3 is 13.7 Å². The van der Waals surface area contributed by atoms with Gasteiger partial charge < -0.3 is 29.6 Å². The predicted octanol–water partition coefficient (Wildman–Crippen LogP) is 4.76. The van der Waals surface area contributed by atoms with E-state index in [1.807, 2.05) is 0 Å². The molecule has 1 aliphatic heterocycles. The molecule has 0 spiro atoms. The first-order valence-electron chi connectivity index (χ1n) is 15.2. The fraction of sp³-hybridized carbons (Fsp3) is 0.312. The molecule has 2 aromatic heterocycles. The average Bonchev–Trinajstić information content (AvgIpc) is 3.59. The molecule has 3 heterocycles. The summed E-state index contributed by atoms with van der Waals surface area (Å²) in [6.45, 7) is 1.21. The Morgan fingerprint density at radius 2 is 1.94 bits per heavy atom. The molecule has 14 nitrogen and oxygen atoms in total. The monoisotopic (exact) mass is 716 g/mol. The number of aliphatic hydroxyl groups is 1. The van der Waals surface area contributed by atoms with E-state index in [-0.39, 0.29) is 34.3 Å². The van der Waals surface area contributed by atoms with Gasteiger partial charge in [0.05, 0.1) is 20.0 Å². The van der Waals surface area contributed by atoms with Gasteiger partial charge in [-0.05, 0) is 37.4 Å². The number of nitrogens with two attached hydrogens (primary N) is 1. The highest BCUT2D eigenvalue weighted by molar-refractivity contribution is 7.52. The lowest BCUT2D eigenvalue weighted by Crippen LogP contribution is -2.42. The van der Waals surface area contributed by atoms with Crippen LogP contribution in [0.4, 0.5) is 19.1 Å². The zero-order valence-electron chi connectivity index (χ0n) is 26.8. The van der Waals surface area contributed by atoms with Crippen molar-refractivity contribution in [1.82, 2.24) is 24.6 Å². The number of ether oxygens (including phenoxy) is 3. The number of carbonyl (C=O) groups is 1. The lowest BCUT2D eigenvalue weighted by molar-refractivity contribution is -0.146. The topological polar surface area (TPSA) is 182 Å². The molecule has 0 amide bonds. The lowest BCUT2D eigenvalue weighted by Gasteiger charge is -2.26. The predicted molar refractivity (Wildman–Crippen MR) is 173 cm³/mol. The first kappa shape index (κ1) is 35.0. The van der Waals surface area contributed by atoms with Crippen LogP contribution in [0, 0.1) is 11.6 Å². The van der Waals surface area contributed by atoms with Crippen molar-refractivity contribution in [3.63, 3.8) is 0 Å². The van der Waals surface area contributed by atoms with Crippen LogP contribution in [0.2, 0.25) is 0 Å². The molecule has 5 aromatic rings. The van der Waals surface area contributed by atoms with E-state index in [1.165, 1.54) is 37.9 Å². The molecular formula is C32H32F3N6O8P. The number of rotatable bonds is 12. The zero-order chi connectivity index (χ0) is 35.8. The number of esters is 1. The van der Waals surface area contributed by atoms with Crippen molar-refractivity contribution in [3.8, 4) is 11.6 Å². The molecule has 1 fully saturated rings. The number of halogens is 3. The van der Waals surface area contributed by atoms with Crippen LogP contribution in [0.15, 0.2) is 67.0 Å². The largest absolute Gasteiger partial charge is 0.479 e. The fourth-order valence-corrected chi connectivity index (χ4v) is 6.97. The van der Waals surface area contributed by atoms with Gasteiger partial charge in [0.1, 0.15) is 41.7 Å². The number of fused-ring (bicyclic) bond motifs is 2. The quantitative estimate of drug-likeness (QED) is 0.119. The molecule has 1 saturated heterocycles. The molecule has 50 heavy (non-hydrogen) atoms. The molecule has 0 saturated carbocycles. The maximum absolute atomic E-state index is 15.9. The maximum Gasteiger partial charge on any atom is 0.459 e. The Balaban J connectivity index is 1.23. The summed E-state index contributed by atoms with van der Waals surface area (Å²) in [5, 5.41) is 15.1. The highest BCUT2D eigenvalue weighted by atomic mass is 31.2. The Kier molecular flexibility index (Phi) is 9.70. The van der Waals surface area contributed by atoms with Gasteiger partial charge in [-0.25, -0.2) is 22.7 Å². The average molecular weight is 717 g/mol. The first-order chi connectivity index (χ1) is 23.8. The molecule has 6 rings (SSSR count). The molecule has 1 aliphatic rings. The van der Waals surface area contributed by atoms with Crippen molar-refractivity contribution < 1.29 is 50.9 Å². The number of hydrogen-bond donors (Lipinski definition) is 3. The number of nitrogens with one attached hydrogen (secondary N) is 1. The summed E-state index contributed by atoms with van der Waals surface area (Å²) >= 11 is 0. The van der Waals surface area contributed by atoms with E-state index in [2.05, 4.69) is 20.0 Å². The van der Waals surface area contributed by atoms with Gasteiger partial charge in [-0.15, -0.1) is 0 Å². The number of nitrogen functional groups attached to an aromatic ring is 1. The van der Waals surface area contributed by atoms with Crippen LogP contribution < -0.4 is 20.1 Å². The second-order valence-corrected chi connectivity index (χ2v) is 13.3. The molecule has 0 radical (unpaired) electrons. The summed E-state index contributed by atoms with van der Waals surface area (Å²) in [4.78, 5) is 25.2. The first-order valence-corrected chi connectivity index (χ1v) is 16.7. The Hall–Kier alpha value is -4.80. The second kappa shape index (κ2) is 13.8. The van der Waals surface area contributed by atoms with Gasteiger partial charge in [-0.3, -0.25) is 13.9 Å². The summed E-state index contributed by atoms with van der Waals surface area (Å²) in [7, 11) is -3.25. The van der Waals surface area contributed by atoms with E-state index in [0.717, 1.165) is 17.5 Å². The van der Waals surface area contributed by atoms with Crippen molar-refractivity contribution in [3.05, 3.63) is 84.2 Å². The van der Waals surface area contributed by atoms with Gasteiger partial charge in [-0.2, -0.15) is 15.1 Å². The molecule has 18 heteroatoms. The second-order valence-electron chi connectivity index (χ2n) is 11.6. The van der Waals surface area contributed by atoms with E-state index in [4.69, 9.17) is 29.0 Å². The number of nitrogens with zero attached hydrogens (tertiary/aromatic N) is 4. The van der Waals surface area contributed by atoms with E-state index in [0.29, 0.717) is 11.5 Å². The van der Waals surface area contributed by atoms with Crippen LogP contribution in [0.1, 0.15) is 25.6 Å². The summed E-state index contributed by atoms with van der Waals surface area (Å²) in [6.07, 6.45) is -3.80. The Morgan fingerprint density at radius 3 is 2.70 bits per heavy atom. The Labute approximate surface area is 282 Å². The van der Waals surface area contributed by atoms with Crippen molar-refractivity contribution in [2.45, 2.75) is 50.6 Å². The smallest absolute Gasteiger partial charge is 0.459 e. The fourth-order valence-electron chi connectivity index (χ4n) is 5.45. The van der Waals surface area contributed by atoms with E-state index in [9.17, 15) is 23.2 Å². The Bertz CT molecular complexity index is 2100. The third-order valence-corrected chi connectivity index (χ3v) is 9.64. The SMILES string of the molecule is COc1nc(N)nc2c1ncn2[C@@H]1O[C@H](COP(=O)(N[C@@H](C)C(=O)OCc2ccc(F)cc2F)Oc2cccc3ccccc23)[C@@H](F)[C@@]1(C)O. The number of hydrogen-bond acceptors (Lipinski definition) is 12. The summed E-state index contributed by atoms with van der Waals surface area (Å²) in [6, 6.07) is 13.4. The number of methoxy groups -OCH3 is 1. The van der Waals surface area contributed by atoms with Crippen LogP contribution in [0.25, 0.3) is 21.9 Å². The molecule has 0 bridgehead atoms. The molecule has 4 N–H and O–H groups in total. The van der Waals surface area contributed by atoms with Crippen LogP contribution in [0.5, 0.6) is 11.6 Å². The molecule has 264 valence electrons. The molecule has 6 atom stereocenters. The summed E-state index contributed by atoms with van der Waals surface area (Å²) < 4.78 is 86.8. The minimum absolute atomic E-state index is 0.0496. The van der Waals surface area contributed by atoms with Gasteiger partial charge in [0.15, 0.2) is 23.6 Å². The maximum atomic E-state index is 15.9. The normalized spacial score (nSPS) is 22.3. The summed E-state index contributed by atoms with van der Waals surface area (Å²) in [5.41, 5.74) is 3.80. The number of anilines is 1. The number of imidazole rings is 1. The van der Waals surface area contributed by atoms with Crippen LogP contribution >= 0.6 is 7.75 Å². The highest BCUT2D eigenvalue weighted by Crippen LogP contribution is 2.49. The molecule has 3 aromatic carbocycles. The van der Waals surface area contributed by atoms with E-state index >= 15 is 4.39 Å². The van der Waals surface area contributed by atoms with Crippen LogP contribution in [0.3, 0.4) is 0 Å². The lowest BCUT2D eigenvalue weighted by atomic mass is 9.98. The number of carbonyl (C=O) groups excluding carboxylic acids is 1. The van der Waals surface area contributed by atoms with Gasteiger partial charge in [0.2, 0.25) is 11.8 Å². The minimum atomic E-state index is -4.60. The van der Waals surface area contributed by atoms with Crippen LogP contribution in [-0.2, 0) is 30.0 Å². The number of alkyl halides is 1. The summed E-state index contributed by atoms with van der Waals surface area (Å²) in [5.74, 6) is -2.71. The molecular weight excluding hydrogens is 684 g/mol. The van der Waals surface area contributed by atoms with Gasteiger partial charge in [0, 0.05) is 17.0 Å². The Morgan fingerprint density at radius 1 is 1.18 bits per heavy atom. The van der Waals surface area contributed by atoms with E-state index < -0.39 is 68.7 Å². The third kappa shape index (κ3) is 6.95. The van der Waals surface area contributed by atoms with Crippen LogP contribution in [-0.4, -0.2) is 68.2 Å². The van der Waals surface area contributed by atoms with Crippen molar-refractivity contribution in [1.29, 1.82) is 0 Å². The minimum Gasteiger partial charge on any atom is -0.479 e. The van der Waals surface area contributed by atoms with Gasteiger partial charge in [-0.1, -0.05) is 36.4 Å². The third-order valence-electron chi connectivity index (χ3n) is 8.01. The van der Waals surface area contributed by atoms with Crippen molar-refractivity contribution >= 4 is 41.6 Å². The van der Waals surface area contributed by atoms with Gasteiger partial charge in [0.25, 0.3) is 0 Å². The standard InChI is InChI=1S/C32H32F3N6O8P/c1-17(29(42)46-14-19-11-12-20(33)13-22(19)34)40-50(44,49-23-10-6-8-18-7-4-5-9-21(18)23)47-15-24-26(35)32(2,43)30(48-24)41-16-37-25-27(41)38-31(36)39-28(25)45-3/h4-13,16-17,24,26,30,43H,14-15H2,1-3H3,(H,40,44)(H2,36,38,39)/t17-,24+,26+,30+,32+,50?/m0/s1. The van der Waals surface area contributed by atoms with E-state index in [1.54, 1.807) is 36.4 Å². The number of benzene rings is 3. The molecule has 1 unspecified atom stereocenters. The highest BCUT2D eigenvalue weighted by Gasteiger charge is 2.55. The zero-order valence-corrected chi connectivity index (χ0v) is 27.7. The molecule has 0 aliphatic carbocycles. The number of aromatic nitrogens is 4. The van der Waals surface area contributed by atoms with Crippen molar-refractivity contribution in [2.75, 3.05) is 19.5 Å².